The largest absolute Gasteiger partial charge is 0.494 e. The highest BCUT2D eigenvalue weighted by Crippen LogP contribution is 2.17. The predicted molar refractivity (Wildman–Crippen MR) is 80.4 cm³/mol. The number of rotatable bonds is 6. The molecule has 3 N–H and O–H groups in total. The maximum absolute atomic E-state index is 12.0. The Labute approximate surface area is 121 Å². The summed E-state index contributed by atoms with van der Waals surface area (Å²) in [6, 6.07) is 7.24. The topological polar surface area (TPSA) is 77.2 Å². The minimum Gasteiger partial charge on any atom is -0.494 e. The zero-order valence-corrected chi connectivity index (χ0v) is 12.1. The standard InChI is InChI=1S/C14H17N3O2S/c1-2-19-11-5-3-10(4-6-11)16-14(18)12-9-20-13(17-12)7-8-15/h3-6,9H,2,7-8,15H2,1H3,(H,16,18). The summed E-state index contributed by atoms with van der Waals surface area (Å²) >= 11 is 1.45. The maximum Gasteiger partial charge on any atom is 0.275 e. The van der Waals surface area contributed by atoms with Gasteiger partial charge in [-0.1, -0.05) is 0 Å². The van der Waals surface area contributed by atoms with Crippen LogP contribution < -0.4 is 15.8 Å². The van der Waals surface area contributed by atoms with Gasteiger partial charge < -0.3 is 15.8 Å². The van der Waals surface area contributed by atoms with E-state index in [1.54, 1.807) is 17.5 Å². The van der Waals surface area contributed by atoms with Crippen LogP contribution in [0.1, 0.15) is 22.4 Å². The number of thiazole rings is 1. The van der Waals surface area contributed by atoms with Gasteiger partial charge in [-0.2, -0.15) is 0 Å². The summed E-state index contributed by atoms with van der Waals surface area (Å²) < 4.78 is 5.35. The van der Waals surface area contributed by atoms with Gasteiger partial charge in [0.05, 0.1) is 11.6 Å². The highest BCUT2D eigenvalue weighted by Gasteiger charge is 2.10. The minimum atomic E-state index is -0.214. The molecule has 0 bridgehead atoms. The van der Waals surface area contributed by atoms with Gasteiger partial charge in [0.2, 0.25) is 0 Å². The van der Waals surface area contributed by atoms with E-state index >= 15 is 0 Å². The van der Waals surface area contributed by atoms with Crippen LogP contribution in [0, 0.1) is 0 Å². The van der Waals surface area contributed by atoms with Gasteiger partial charge in [-0.3, -0.25) is 4.79 Å². The van der Waals surface area contributed by atoms with Crippen molar-refractivity contribution in [3.8, 4) is 5.75 Å². The van der Waals surface area contributed by atoms with Crippen molar-refractivity contribution in [2.45, 2.75) is 13.3 Å². The fourth-order valence-corrected chi connectivity index (χ4v) is 2.44. The quantitative estimate of drug-likeness (QED) is 0.856. The van der Waals surface area contributed by atoms with E-state index in [0.29, 0.717) is 31.0 Å². The van der Waals surface area contributed by atoms with Crippen molar-refractivity contribution in [1.29, 1.82) is 0 Å². The van der Waals surface area contributed by atoms with E-state index in [1.165, 1.54) is 11.3 Å². The van der Waals surface area contributed by atoms with Crippen LogP contribution in [0.4, 0.5) is 5.69 Å². The number of hydrogen-bond donors (Lipinski definition) is 2. The molecule has 0 saturated carbocycles. The van der Waals surface area contributed by atoms with Gasteiger partial charge in [0.15, 0.2) is 0 Å². The van der Waals surface area contributed by atoms with E-state index in [4.69, 9.17) is 10.5 Å². The van der Waals surface area contributed by atoms with Crippen LogP contribution in [0.3, 0.4) is 0 Å². The average Bonchev–Trinajstić information content (AvgIpc) is 2.90. The first-order chi connectivity index (χ1) is 9.72. The number of nitrogens with one attached hydrogen (secondary N) is 1. The normalized spacial score (nSPS) is 10.3. The molecule has 0 fully saturated rings. The zero-order chi connectivity index (χ0) is 14.4. The Morgan fingerprint density at radius 1 is 1.40 bits per heavy atom. The molecular weight excluding hydrogens is 274 g/mol. The van der Waals surface area contributed by atoms with Crippen LogP contribution in [-0.4, -0.2) is 24.0 Å². The number of carbonyl (C=O) groups excluding carboxylic acids is 1. The lowest BCUT2D eigenvalue weighted by molar-refractivity contribution is 0.102. The number of amides is 1. The lowest BCUT2D eigenvalue weighted by Crippen LogP contribution is -2.12. The number of anilines is 1. The van der Waals surface area contributed by atoms with Gasteiger partial charge in [0.1, 0.15) is 11.4 Å². The summed E-state index contributed by atoms with van der Waals surface area (Å²) in [6.45, 7) is 3.08. The molecule has 20 heavy (non-hydrogen) atoms. The highest BCUT2D eigenvalue weighted by molar-refractivity contribution is 7.09. The second-order valence-corrected chi connectivity index (χ2v) is 5.02. The summed E-state index contributed by atoms with van der Waals surface area (Å²) in [5, 5.41) is 5.43. The first kappa shape index (κ1) is 14.5. The number of carbonyl (C=O) groups is 1. The van der Waals surface area contributed by atoms with Crippen LogP contribution in [0.25, 0.3) is 0 Å². The van der Waals surface area contributed by atoms with Gasteiger partial charge in [-0.25, -0.2) is 4.98 Å². The SMILES string of the molecule is CCOc1ccc(NC(=O)c2csc(CCN)n2)cc1. The van der Waals surface area contributed by atoms with Gasteiger partial charge >= 0.3 is 0 Å². The Kier molecular flexibility index (Phi) is 5.09. The first-order valence-electron chi connectivity index (χ1n) is 6.41. The van der Waals surface area contributed by atoms with Crippen LogP contribution in [-0.2, 0) is 6.42 Å². The number of aromatic nitrogens is 1. The summed E-state index contributed by atoms with van der Waals surface area (Å²) in [5.74, 6) is 0.568. The van der Waals surface area contributed by atoms with Gasteiger partial charge in [-0.05, 0) is 37.7 Å². The molecule has 0 spiro atoms. The second-order valence-electron chi connectivity index (χ2n) is 4.08. The molecule has 0 radical (unpaired) electrons. The van der Waals surface area contributed by atoms with Gasteiger partial charge in [0.25, 0.3) is 5.91 Å². The van der Waals surface area contributed by atoms with E-state index in [1.807, 2.05) is 19.1 Å². The molecule has 0 unspecified atom stereocenters. The lowest BCUT2D eigenvalue weighted by atomic mass is 10.3. The molecule has 0 atom stereocenters. The number of ether oxygens (including phenoxy) is 1. The molecule has 1 aromatic carbocycles. The second kappa shape index (κ2) is 7.02. The molecule has 5 nitrogen and oxygen atoms in total. The lowest BCUT2D eigenvalue weighted by Gasteiger charge is -2.05. The number of hydrogen-bond acceptors (Lipinski definition) is 5. The van der Waals surface area contributed by atoms with Gasteiger partial charge in [-0.15, -0.1) is 11.3 Å². The van der Waals surface area contributed by atoms with Crippen molar-refractivity contribution < 1.29 is 9.53 Å². The van der Waals surface area contributed by atoms with E-state index in [2.05, 4.69) is 10.3 Å². The fraction of sp³-hybridized carbons (Fsp3) is 0.286. The van der Waals surface area contributed by atoms with Crippen molar-refractivity contribution in [2.75, 3.05) is 18.5 Å². The smallest absolute Gasteiger partial charge is 0.275 e. The molecule has 106 valence electrons. The average molecular weight is 291 g/mol. The first-order valence-corrected chi connectivity index (χ1v) is 7.29. The number of nitrogens with two attached hydrogens (primary N) is 1. The molecule has 0 aliphatic rings. The molecule has 1 amide bonds. The van der Waals surface area contributed by atoms with Crippen LogP contribution in [0.15, 0.2) is 29.6 Å². The Bertz CT molecular complexity index is 566. The zero-order valence-electron chi connectivity index (χ0n) is 11.3. The minimum absolute atomic E-state index is 0.214. The van der Waals surface area contributed by atoms with Crippen molar-refractivity contribution >= 4 is 22.9 Å². The highest BCUT2D eigenvalue weighted by atomic mass is 32.1. The summed E-state index contributed by atoms with van der Waals surface area (Å²) in [6.07, 6.45) is 0.695. The molecule has 0 saturated heterocycles. The van der Waals surface area contributed by atoms with Crippen LogP contribution in [0.2, 0.25) is 0 Å². The Morgan fingerprint density at radius 3 is 2.80 bits per heavy atom. The van der Waals surface area contributed by atoms with Crippen molar-refractivity contribution in [3.05, 3.63) is 40.3 Å². The summed E-state index contributed by atoms with van der Waals surface area (Å²) in [4.78, 5) is 16.3. The molecule has 6 heteroatoms. The Morgan fingerprint density at radius 2 is 2.15 bits per heavy atom. The molecule has 0 aliphatic heterocycles. The van der Waals surface area contributed by atoms with Crippen molar-refractivity contribution in [3.63, 3.8) is 0 Å². The molecular formula is C14H17N3O2S. The third-order valence-corrected chi connectivity index (χ3v) is 3.47. The van der Waals surface area contributed by atoms with Gasteiger partial charge in [0, 0.05) is 17.5 Å². The van der Waals surface area contributed by atoms with E-state index in [-0.39, 0.29) is 5.91 Å². The number of nitrogens with zero attached hydrogens (tertiary/aromatic N) is 1. The fourth-order valence-electron chi connectivity index (χ4n) is 1.65. The van der Waals surface area contributed by atoms with E-state index in [0.717, 1.165) is 10.8 Å². The van der Waals surface area contributed by atoms with Crippen molar-refractivity contribution in [1.82, 2.24) is 4.98 Å². The molecule has 0 aliphatic carbocycles. The van der Waals surface area contributed by atoms with Crippen LogP contribution >= 0.6 is 11.3 Å². The van der Waals surface area contributed by atoms with Crippen LogP contribution in [0.5, 0.6) is 5.75 Å². The summed E-state index contributed by atoms with van der Waals surface area (Å²) in [5.41, 5.74) is 6.60. The third kappa shape index (κ3) is 3.79. The molecule has 1 aromatic heterocycles. The van der Waals surface area contributed by atoms with E-state index < -0.39 is 0 Å². The monoisotopic (exact) mass is 291 g/mol. The third-order valence-electron chi connectivity index (χ3n) is 2.57. The number of benzene rings is 1. The van der Waals surface area contributed by atoms with E-state index in [9.17, 15) is 4.79 Å². The molecule has 2 aromatic rings. The molecule has 1 heterocycles. The maximum atomic E-state index is 12.0. The summed E-state index contributed by atoms with van der Waals surface area (Å²) in [7, 11) is 0. The Balaban J connectivity index is 1.99. The Hall–Kier alpha value is -1.92. The molecule has 2 rings (SSSR count). The van der Waals surface area contributed by atoms with Crippen molar-refractivity contribution in [2.24, 2.45) is 5.73 Å². The predicted octanol–water partition coefficient (Wildman–Crippen LogP) is 2.30.